The zero-order valence-corrected chi connectivity index (χ0v) is 13.5. The molecule has 2 aromatic carbocycles. The molecule has 0 fully saturated rings. The summed E-state index contributed by atoms with van der Waals surface area (Å²) >= 11 is 0. The molecule has 3 aromatic rings. The first-order valence-corrected chi connectivity index (χ1v) is 8.57. The van der Waals surface area contributed by atoms with Gasteiger partial charge < -0.3 is 5.11 Å². The molecule has 0 saturated carbocycles. The summed E-state index contributed by atoms with van der Waals surface area (Å²) in [6, 6.07) is 12.6. The average Bonchev–Trinajstić information content (AvgIpc) is 2.53. The van der Waals surface area contributed by atoms with E-state index in [9.17, 15) is 13.2 Å². The first kappa shape index (κ1) is 15.9. The summed E-state index contributed by atoms with van der Waals surface area (Å²) in [7, 11) is -3.91. The fourth-order valence-electron chi connectivity index (χ4n) is 2.43. The zero-order valence-electron chi connectivity index (χ0n) is 12.7. The van der Waals surface area contributed by atoms with Crippen LogP contribution in [0.5, 0.6) is 0 Å². The third-order valence-corrected chi connectivity index (χ3v) is 4.86. The Morgan fingerprint density at radius 1 is 1.12 bits per heavy atom. The van der Waals surface area contributed by atoms with Crippen LogP contribution in [0.1, 0.15) is 15.9 Å². The monoisotopic (exact) mass is 342 g/mol. The molecule has 2 N–H and O–H groups in total. The lowest BCUT2D eigenvalue weighted by molar-refractivity contribution is 0.0697. The van der Waals surface area contributed by atoms with E-state index in [4.69, 9.17) is 5.11 Å². The van der Waals surface area contributed by atoms with Crippen LogP contribution < -0.4 is 4.72 Å². The van der Waals surface area contributed by atoms with Crippen molar-refractivity contribution in [1.29, 1.82) is 0 Å². The van der Waals surface area contributed by atoms with Gasteiger partial charge in [0.2, 0.25) is 0 Å². The smallest absolute Gasteiger partial charge is 0.335 e. The summed E-state index contributed by atoms with van der Waals surface area (Å²) in [6.07, 6.45) is 1.53. The van der Waals surface area contributed by atoms with Gasteiger partial charge >= 0.3 is 5.97 Å². The number of nitrogens with zero attached hydrogens (tertiary/aromatic N) is 1. The molecule has 24 heavy (non-hydrogen) atoms. The Hall–Kier alpha value is -2.93. The van der Waals surface area contributed by atoms with E-state index >= 15 is 0 Å². The molecule has 1 heterocycles. The maximum atomic E-state index is 12.8. The number of aromatic carboxylic acids is 1. The number of hydrogen-bond acceptors (Lipinski definition) is 4. The summed E-state index contributed by atoms with van der Waals surface area (Å²) in [6.45, 7) is 1.80. The molecule has 0 atom stereocenters. The maximum absolute atomic E-state index is 12.8. The lowest BCUT2D eigenvalue weighted by Crippen LogP contribution is -2.14. The Balaban J connectivity index is 2.09. The third kappa shape index (κ3) is 3.07. The van der Waals surface area contributed by atoms with Crippen molar-refractivity contribution >= 4 is 32.6 Å². The van der Waals surface area contributed by atoms with E-state index in [1.807, 2.05) is 6.07 Å². The number of pyridine rings is 1. The quantitative estimate of drug-likeness (QED) is 0.759. The molecular weight excluding hydrogens is 328 g/mol. The van der Waals surface area contributed by atoms with Crippen LogP contribution in [0.25, 0.3) is 10.9 Å². The van der Waals surface area contributed by atoms with Gasteiger partial charge in [0.25, 0.3) is 10.0 Å². The van der Waals surface area contributed by atoms with Gasteiger partial charge in [0.15, 0.2) is 0 Å². The Morgan fingerprint density at radius 3 is 2.67 bits per heavy atom. The second-order valence-corrected chi connectivity index (χ2v) is 6.98. The van der Waals surface area contributed by atoms with Crippen molar-refractivity contribution in [2.75, 3.05) is 4.72 Å². The summed E-state index contributed by atoms with van der Waals surface area (Å²) in [5.74, 6) is -1.13. The molecule has 0 bridgehead atoms. The van der Waals surface area contributed by atoms with Crippen molar-refractivity contribution in [1.82, 2.24) is 4.98 Å². The van der Waals surface area contributed by atoms with E-state index < -0.39 is 16.0 Å². The van der Waals surface area contributed by atoms with E-state index in [1.54, 1.807) is 25.1 Å². The third-order valence-electron chi connectivity index (χ3n) is 3.47. The summed E-state index contributed by atoms with van der Waals surface area (Å²) < 4.78 is 27.9. The van der Waals surface area contributed by atoms with Crippen LogP contribution in [0.2, 0.25) is 0 Å². The van der Waals surface area contributed by atoms with Crippen LogP contribution in [0.3, 0.4) is 0 Å². The molecule has 0 aliphatic heterocycles. The molecular formula is C17H14N2O4S. The van der Waals surface area contributed by atoms with E-state index in [-0.39, 0.29) is 16.1 Å². The lowest BCUT2D eigenvalue weighted by atomic mass is 10.1. The van der Waals surface area contributed by atoms with Gasteiger partial charge in [0.1, 0.15) is 4.90 Å². The second-order valence-electron chi connectivity index (χ2n) is 5.33. The highest BCUT2D eigenvalue weighted by Crippen LogP contribution is 2.25. The number of hydrogen-bond donors (Lipinski definition) is 2. The van der Waals surface area contributed by atoms with Gasteiger partial charge in [-0.1, -0.05) is 12.1 Å². The molecule has 0 aliphatic rings. The number of benzene rings is 2. The predicted molar refractivity (Wildman–Crippen MR) is 90.7 cm³/mol. The Bertz CT molecular complexity index is 1050. The van der Waals surface area contributed by atoms with Crippen molar-refractivity contribution in [2.24, 2.45) is 0 Å². The van der Waals surface area contributed by atoms with E-state index in [1.165, 1.54) is 30.5 Å². The zero-order chi connectivity index (χ0) is 17.3. The van der Waals surface area contributed by atoms with E-state index in [2.05, 4.69) is 9.71 Å². The summed E-state index contributed by atoms with van der Waals surface area (Å²) in [5.41, 5.74) is 1.34. The standard InChI is InChI=1S/C17H14N2O4S/c1-11-8-12-5-3-7-18-16(12)15(9-11)24(22,23)19-14-6-2-4-13(10-14)17(20)21/h2-10,19H,1H3,(H,20,21). The minimum Gasteiger partial charge on any atom is -0.478 e. The lowest BCUT2D eigenvalue weighted by Gasteiger charge is -2.11. The number of aromatic nitrogens is 1. The number of carboxylic acids is 1. The minimum absolute atomic E-state index is 0.00225. The summed E-state index contributed by atoms with van der Waals surface area (Å²) in [5, 5.41) is 9.73. The molecule has 0 saturated heterocycles. The number of carbonyl (C=O) groups is 1. The van der Waals surface area contributed by atoms with Gasteiger partial charge in [-0.05, 0) is 48.9 Å². The molecule has 0 spiro atoms. The Kier molecular flexibility index (Phi) is 3.94. The molecule has 7 heteroatoms. The highest BCUT2D eigenvalue weighted by Gasteiger charge is 2.19. The number of rotatable bonds is 4. The SMILES string of the molecule is Cc1cc(S(=O)(=O)Nc2cccc(C(=O)O)c2)c2ncccc2c1. The van der Waals surface area contributed by atoms with Gasteiger partial charge in [0.05, 0.1) is 11.1 Å². The van der Waals surface area contributed by atoms with Crippen molar-refractivity contribution in [3.05, 3.63) is 65.9 Å². The molecule has 0 unspecified atom stereocenters. The number of fused-ring (bicyclic) bond motifs is 1. The van der Waals surface area contributed by atoms with Gasteiger partial charge in [-0.25, -0.2) is 13.2 Å². The predicted octanol–water partition coefficient (Wildman–Crippen LogP) is 3.04. The highest BCUT2D eigenvalue weighted by molar-refractivity contribution is 7.93. The second kappa shape index (κ2) is 5.93. The number of sulfonamides is 1. The molecule has 6 nitrogen and oxygen atoms in total. The molecule has 3 rings (SSSR count). The molecule has 0 aliphatic carbocycles. The van der Waals surface area contributed by atoms with Crippen LogP contribution in [0.15, 0.2) is 59.6 Å². The number of aryl methyl sites for hydroxylation is 1. The Labute approximate surface area is 138 Å². The first-order valence-electron chi connectivity index (χ1n) is 7.08. The van der Waals surface area contributed by atoms with Crippen molar-refractivity contribution in [3.63, 3.8) is 0 Å². The largest absolute Gasteiger partial charge is 0.478 e. The average molecular weight is 342 g/mol. The first-order chi connectivity index (χ1) is 11.4. The molecule has 0 amide bonds. The van der Waals surface area contributed by atoms with E-state index in [0.29, 0.717) is 5.52 Å². The summed E-state index contributed by atoms with van der Waals surface area (Å²) in [4.78, 5) is 15.2. The fraction of sp³-hybridized carbons (Fsp3) is 0.0588. The topological polar surface area (TPSA) is 96.4 Å². The normalized spacial score (nSPS) is 11.4. The van der Waals surface area contributed by atoms with Crippen LogP contribution in [0.4, 0.5) is 5.69 Å². The fourth-order valence-corrected chi connectivity index (χ4v) is 3.75. The van der Waals surface area contributed by atoms with Gasteiger partial charge in [0, 0.05) is 17.3 Å². The van der Waals surface area contributed by atoms with Gasteiger partial charge in [-0.2, -0.15) is 0 Å². The van der Waals surface area contributed by atoms with Crippen LogP contribution in [-0.2, 0) is 10.0 Å². The van der Waals surface area contributed by atoms with Gasteiger partial charge in [-0.3, -0.25) is 9.71 Å². The molecule has 122 valence electrons. The van der Waals surface area contributed by atoms with Crippen molar-refractivity contribution < 1.29 is 18.3 Å². The van der Waals surface area contributed by atoms with Crippen molar-refractivity contribution in [2.45, 2.75) is 11.8 Å². The molecule has 0 radical (unpaired) electrons. The van der Waals surface area contributed by atoms with Gasteiger partial charge in [-0.15, -0.1) is 0 Å². The number of nitrogens with one attached hydrogen (secondary N) is 1. The molecule has 1 aromatic heterocycles. The van der Waals surface area contributed by atoms with Crippen molar-refractivity contribution in [3.8, 4) is 0 Å². The van der Waals surface area contributed by atoms with Crippen LogP contribution in [-0.4, -0.2) is 24.5 Å². The Morgan fingerprint density at radius 2 is 1.92 bits per heavy atom. The van der Waals surface area contributed by atoms with Crippen LogP contribution >= 0.6 is 0 Å². The maximum Gasteiger partial charge on any atom is 0.335 e. The van der Waals surface area contributed by atoms with E-state index in [0.717, 1.165) is 10.9 Å². The number of anilines is 1. The van der Waals surface area contributed by atoms with Crippen LogP contribution in [0, 0.1) is 6.92 Å². The highest BCUT2D eigenvalue weighted by atomic mass is 32.2. The minimum atomic E-state index is -3.91. The number of carboxylic acid groups (broad SMARTS) is 1.